The van der Waals surface area contributed by atoms with Crippen LogP contribution in [0, 0.1) is 0 Å². The van der Waals surface area contributed by atoms with Crippen molar-refractivity contribution in [2.45, 2.75) is 16.4 Å². The molecule has 2 aliphatic heterocycles. The summed E-state index contributed by atoms with van der Waals surface area (Å²) >= 11 is 3.94. The third kappa shape index (κ3) is 4.27. The highest BCUT2D eigenvalue weighted by atomic mass is 32.2. The minimum absolute atomic E-state index is 0.0595. The van der Waals surface area contributed by atoms with Gasteiger partial charge in [0.25, 0.3) is 11.8 Å². The van der Waals surface area contributed by atoms with Crippen molar-refractivity contribution >= 4 is 69.1 Å². The van der Waals surface area contributed by atoms with Gasteiger partial charge in [-0.05, 0) is 17.7 Å². The molecule has 0 spiro atoms. The van der Waals surface area contributed by atoms with Crippen molar-refractivity contribution in [3.05, 3.63) is 46.9 Å². The molecule has 5 heterocycles. The van der Waals surface area contributed by atoms with Crippen LogP contribution in [-0.2, 0) is 19.2 Å². The van der Waals surface area contributed by atoms with Crippen LogP contribution < -0.4 is 11.1 Å². The maximum absolute atomic E-state index is 13.0. The van der Waals surface area contributed by atoms with Crippen LogP contribution in [0.2, 0.25) is 0 Å². The Morgan fingerprint density at radius 2 is 2.25 bits per heavy atom. The number of hydrogen-bond donors (Lipinski definition) is 3. The van der Waals surface area contributed by atoms with Crippen LogP contribution in [0.4, 0.5) is 5.13 Å². The maximum atomic E-state index is 13.0. The number of nitrogens with zero attached hydrogens (tertiary/aromatic N) is 6. The summed E-state index contributed by atoms with van der Waals surface area (Å²) in [5, 5.41) is 26.3. The number of pyridine rings is 1. The number of rotatable bonds is 8. The van der Waals surface area contributed by atoms with Gasteiger partial charge in [-0.3, -0.25) is 18.9 Å². The van der Waals surface area contributed by atoms with Gasteiger partial charge in [0.2, 0.25) is 0 Å². The molecular weight excluding hydrogens is 528 g/mol. The Bertz CT molecular complexity index is 1430. The highest BCUT2D eigenvalue weighted by Crippen LogP contribution is 2.41. The number of oxime groups is 1. The zero-order valence-electron chi connectivity index (χ0n) is 18.5. The Morgan fingerprint density at radius 1 is 1.42 bits per heavy atom. The number of amides is 2. The lowest BCUT2D eigenvalue weighted by Crippen LogP contribution is -2.71. The predicted molar refractivity (Wildman–Crippen MR) is 133 cm³/mol. The number of nitrogen functional groups attached to an aromatic ring is 1. The molecule has 2 atom stereocenters. The molecule has 5 rings (SSSR count). The Hall–Kier alpha value is -3.63. The first-order valence-corrected chi connectivity index (χ1v) is 13.3. The van der Waals surface area contributed by atoms with E-state index < -0.39 is 29.2 Å². The molecule has 1 fully saturated rings. The van der Waals surface area contributed by atoms with Gasteiger partial charge in [-0.1, -0.05) is 11.2 Å². The zero-order chi connectivity index (χ0) is 25.4. The number of aromatic nitrogens is 4. The van der Waals surface area contributed by atoms with Gasteiger partial charge in [0.05, 0.1) is 5.03 Å². The molecule has 3 aromatic rings. The lowest BCUT2D eigenvalue weighted by Gasteiger charge is -2.49. The molecule has 186 valence electrons. The van der Waals surface area contributed by atoms with E-state index in [1.54, 1.807) is 16.1 Å². The molecule has 0 bridgehead atoms. The number of thioether (sulfide) groups is 2. The monoisotopic (exact) mass is 546 g/mol. The van der Waals surface area contributed by atoms with Gasteiger partial charge in [0.15, 0.2) is 16.5 Å². The fourth-order valence-corrected chi connectivity index (χ4v) is 6.84. The number of aliphatic carboxylic acids is 1. The second-order valence-electron chi connectivity index (χ2n) is 7.52. The molecule has 2 aliphatic rings. The molecule has 0 saturated carbocycles. The van der Waals surface area contributed by atoms with Gasteiger partial charge in [0.1, 0.15) is 36.2 Å². The Morgan fingerprint density at radius 3 is 2.97 bits per heavy atom. The van der Waals surface area contributed by atoms with Gasteiger partial charge in [-0.15, -0.1) is 45.1 Å². The molecule has 13 nitrogen and oxygen atoms in total. The molecule has 0 radical (unpaired) electrons. The quantitative estimate of drug-likeness (QED) is 0.156. The SMILES string of the molecule is CO/N=C(\C(=O)N[C@@H]1C(=O)N2C(C(=O)O)=C(CSc3cccc4nncn34)CS[C@@H]12)c1csc(N)n1. The fourth-order valence-electron chi connectivity index (χ4n) is 3.80. The van der Waals surface area contributed by atoms with E-state index in [0.29, 0.717) is 22.7 Å². The first kappa shape index (κ1) is 24.1. The normalized spacial score (nSPS) is 19.8. The van der Waals surface area contributed by atoms with Crippen molar-refractivity contribution in [1.82, 2.24) is 29.8 Å². The van der Waals surface area contributed by atoms with Crippen molar-refractivity contribution in [3.8, 4) is 0 Å². The fraction of sp³-hybridized carbons (Fsp3) is 0.250. The van der Waals surface area contributed by atoms with E-state index in [9.17, 15) is 19.5 Å². The molecule has 36 heavy (non-hydrogen) atoms. The molecule has 2 amide bonds. The molecule has 16 heteroatoms. The molecular formula is C20H18N8O5S3. The van der Waals surface area contributed by atoms with Crippen molar-refractivity contribution in [3.63, 3.8) is 0 Å². The van der Waals surface area contributed by atoms with Crippen LogP contribution >= 0.6 is 34.9 Å². The number of carbonyl (C=O) groups excluding carboxylic acids is 2. The van der Waals surface area contributed by atoms with Gasteiger partial charge in [0, 0.05) is 16.9 Å². The summed E-state index contributed by atoms with van der Waals surface area (Å²) in [6.45, 7) is 0. The Balaban J connectivity index is 1.32. The topological polar surface area (TPSA) is 177 Å². The van der Waals surface area contributed by atoms with Gasteiger partial charge >= 0.3 is 5.97 Å². The van der Waals surface area contributed by atoms with Crippen LogP contribution in [0.15, 0.2) is 51.4 Å². The number of β-lactam (4-membered cyclic amide) rings is 1. The molecule has 4 N–H and O–H groups in total. The summed E-state index contributed by atoms with van der Waals surface area (Å²) in [6, 6.07) is 4.63. The number of carboxylic acids is 1. The average Bonchev–Trinajstić information content (AvgIpc) is 3.52. The highest BCUT2D eigenvalue weighted by Gasteiger charge is 2.54. The Kier molecular flexibility index (Phi) is 6.55. The predicted octanol–water partition coefficient (Wildman–Crippen LogP) is 0.649. The molecule has 1 saturated heterocycles. The van der Waals surface area contributed by atoms with Crippen LogP contribution in [0.3, 0.4) is 0 Å². The molecule has 0 unspecified atom stereocenters. The summed E-state index contributed by atoms with van der Waals surface area (Å²) < 4.78 is 1.81. The van der Waals surface area contributed by atoms with Crippen LogP contribution in [-0.4, -0.2) is 83.1 Å². The van der Waals surface area contributed by atoms with Gasteiger partial charge < -0.3 is 21.0 Å². The van der Waals surface area contributed by atoms with E-state index in [1.807, 2.05) is 18.2 Å². The minimum atomic E-state index is -1.20. The number of anilines is 1. The van der Waals surface area contributed by atoms with Crippen molar-refractivity contribution in [2.75, 3.05) is 24.3 Å². The number of fused-ring (bicyclic) bond motifs is 2. The highest BCUT2D eigenvalue weighted by molar-refractivity contribution is 8.01. The molecule has 3 aromatic heterocycles. The van der Waals surface area contributed by atoms with E-state index in [4.69, 9.17) is 10.6 Å². The Labute approximate surface area is 215 Å². The van der Waals surface area contributed by atoms with Crippen LogP contribution in [0.1, 0.15) is 5.69 Å². The largest absolute Gasteiger partial charge is 0.477 e. The second kappa shape index (κ2) is 9.79. The van der Waals surface area contributed by atoms with E-state index in [1.165, 1.54) is 35.5 Å². The maximum Gasteiger partial charge on any atom is 0.352 e. The number of carbonyl (C=O) groups is 3. The lowest BCUT2D eigenvalue weighted by atomic mass is 10.0. The number of nitrogens with two attached hydrogens (primary N) is 1. The van der Waals surface area contributed by atoms with E-state index in [-0.39, 0.29) is 22.2 Å². The summed E-state index contributed by atoms with van der Waals surface area (Å²) in [4.78, 5) is 48.0. The summed E-state index contributed by atoms with van der Waals surface area (Å²) in [5.41, 5.74) is 6.96. The average molecular weight is 547 g/mol. The van der Waals surface area contributed by atoms with Crippen molar-refractivity contribution in [1.29, 1.82) is 0 Å². The number of nitrogens with one attached hydrogen (secondary N) is 1. The summed E-state index contributed by atoms with van der Waals surface area (Å²) in [6.07, 6.45) is 1.59. The molecule has 0 aromatic carbocycles. The van der Waals surface area contributed by atoms with Crippen LogP contribution in [0.5, 0.6) is 0 Å². The number of hydrogen-bond acceptors (Lipinski definition) is 12. The van der Waals surface area contributed by atoms with Gasteiger partial charge in [-0.25, -0.2) is 9.78 Å². The van der Waals surface area contributed by atoms with Crippen molar-refractivity contribution < 1.29 is 24.3 Å². The minimum Gasteiger partial charge on any atom is -0.477 e. The second-order valence-corrected chi connectivity index (χ2v) is 10.5. The molecule has 0 aliphatic carbocycles. The third-order valence-electron chi connectivity index (χ3n) is 5.39. The lowest BCUT2D eigenvalue weighted by molar-refractivity contribution is -0.150. The number of carboxylic acid groups (broad SMARTS) is 1. The van der Waals surface area contributed by atoms with Crippen LogP contribution in [0.25, 0.3) is 5.65 Å². The summed E-state index contributed by atoms with van der Waals surface area (Å²) in [7, 11) is 1.28. The zero-order valence-corrected chi connectivity index (χ0v) is 21.0. The number of thiazole rings is 1. The smallest absolute Gasteiger partial charge is 0.352 e. The van der Waals surface area contributed by atoms with E-state index >= 15 is 0 Å². The van der Waals surface area contributed by atoms with E-state index in [0.717, 1.165) is 16.4 Å². The first-order chi connectivity index (χ1) is 17.4. The first-order valence-electron chi connectivity index (χ1n) is 10.3. The van der Waals surface area contributed by atoms with Gasteiger partial charge in [-0.2, -0.15) is 0 Å². The summed E-state index contributed by atoms with van der Waals surface area (Å²) in [5.74, 6) is -1.65. The standard InChI is InChI=1S/C20H18N8O5S3/c1-33-26-13(10-7-36-20(21)23-10)16(29)24-14-17(30)28-15(19(31)32)9(6-35-18(14)28)5-34-12-4-2-3-11-25-22-8-27(11)12/h2-4,7-8,14,18H,5-6H2,1H3,(H2,21,23)(H,24,29)(H,31,32)/b26-13-/t14-,18+/m1/s1. The van der Waals surface area contributed by atoms with E-state index in [2.05, 4.69) is 25.7 Å². The third-order valence-corrected chi connectivity index (χ3v) is 8.52. The van der Waals surface area contributed by atoms with Crippen molar-refractivity contribution in [2.24, 2.45) is 5.16 Å².